The molecule has 206 valence electrons. The molecule has 0 unspecified atom stereocenters. The van der Waals surface area contributed by atoms with Crippen LogP contribution in [-0.2, 0) is 11.2 Å². The zero-order chi connectivity index (χ0) is 28.9. The lowest BCUT2D eigenvalue weighted by Gasteiger charge is -2.31. The number of nitriles is 1. The summed E-state index contributed by atoms with van der Waals surface area (Å²) < 4.78 is 0. The Labute approximate surface area is 236 Å². The molecule has 2 aromatic heterocycles. The van der Waals surface area contributed by atoms with E-state index < -0.39 is 5.97 Å². The van der Waals surface area contributed by atoms with Gasteiger partial charge in [-0.2, -0.15) is 15.5 Å². The van der Waals surface area contributed by atoms with Gasteiger partial charge in [-0.3, -0.25) is 4.79 Å². The lowest BCUT2D eigenvalue weighted by molar-refractivity contribution is -0.142. The number of carboxylic acids is 1. The Morgan fingerprint density at radius 2 is 1.35 bits per heavy atom. The molecule has 0 atom stereocenters. The second kappa shape index (κ2) is 15.1. The van der Waals surface area contributed by atoms with Gasteiger partial charge in [0.2, 0.25) is 0 Å². The summed E-state index contributed by atoms with van der Waals surface area (Å²) in [4.78, 5) is 13.2. The molecular weight excluding hydrogens is 500 g/mol. The van der Waals surface area contributed by atoms with Gasteiger partial charge < -0.3 is 10.0 Å². The van der Waals surface area contributed by atoms with Crippen LogP contribution in [0, 0.1) is 31.1 Å². The number of piperidine rings is 1. The molecule has 3 heterocycles. The molecule has 1 aliphatic heterocycles. The van der Waals surface area contributed by atoms with E-state index in [9.17, 15) is 4.79 Å². The van der Waals surface area contributed by atoms with Crippen molar-refractivity contribution in [3.05, 3.63) is 89.6 Å². The average molecular weight is 537 g/mol. The molecule has 1 N–H and O–H groups in total. The summed E-state index contributed by atoms with van der Waals surface area (Å²) in [7, 11) is 0. The highest BCUT2D eigenvalue weighted by Gasteiger charge is 2.26. The summed E-state index contributed by atoms with van der Waals surface area (Å²) >= 11 is 0. The van der Waals surface area contributed by atoms with Crippen LogP contribution in [0.25, 0.3) is 22.5 Å². The highest BCUT2D eigenvalue weighted by Crippen LogP contribution is 2.26. The molecule has 8 nitrogen and oxygen atoms in total. The molecule has 0 amide bonds. The normalized spacial score (nSPS) is 12.7. The van der Waals surface area contributed by atoms with Crippen LogP contribution >= 0.6 is 0 Å². The van der Waals surface area contributed by atoms with Gasteiger partial charge in [-0.25, -0.2) is 0 Å². The molecule has 0 aliphatic carbocycles. The number of aliphatic carboxylic acids is 1. The molecule has 4 aromatic rings. The standard InChI is InChI=1S/C17H19N3O2.C13H11N3.C2H6/c1-12-11-15(13-5-3-2-4-6-13)18-19-16(12)20-9-7-14(8-10-20)17(21)22;1-10-9-13(11-5-3-2-4-6-11)16-15-12(10)7-8-14;1-2/h2-6,11,14H,7-10H2,1H3,(H,21,22);2-6,9H,7H2,1H3;1-2H3. The molecule has 0 spiro atoms. The van der Waals surface area contributed by atoms with Gasteiger partial charge in [0.25, 0.3) is 0 Å². The Bertz CT molecular complexity index is 1410. The van der Waals surface area contributed by atoms with E-state index in [1.165, 1.54) is 0 Å². The van der Waals surface area contributed by atoms with Crippen LogP contribution in [0.1, 0.15) is 43.5 Å². The number of nitrogens with zero attached hydrogens (tertiary/aromatic N) is 6. The molecule has 8 heteroatoms. The van der Waals surface area contributed by atoms with Crippen LogP contribution in [0.15, 0.2) is 72.8 Å². The van der Waals surface area contributed by atoms with Gasteiger partial charge in [-0.15, -0.1) is 10.2 Å². The van der Waals surface area contributed by atoms with E-state index >= 15 is 0 Å². The molecule has 0 bridgehead atoms. The summed E-state index contributed by atoms with van der Waals surface area (Å²) in [5, 5.41) is 34.6. The number of hydrogen-bond donors (Lipinski definition) is 1. The van der Waals surface area contributed by atoms with Gasteiger partial charge in [-0.05, 0) is 49.9 Å². The largest absolute Gasteiger partial charge is 0.481 e. The fraction of sp³-hybridized carbons (Fsp3) is 0.312. The third-order valence-electron chi connectivity index (χ3n) is 6.57. The van der Waals surface area contributed by atoms with Crippen molar-refractivity contribution >= 4 is 11.8 Å². The van der Waals surface area contributed by atoms with Gasteiger partial charge in [-0.1, -0.05) is 74.5 Å². The lowest BCUT2D eigenvalue weighted by atomic mass is 9.97. The number of carboxylic acid groups (broad SMARTS) is 1. The Hall–Kier alpha value is -4.64. The van der Waals surface area contributed by atoms with E-state index in [0.29, 0.717) is 19.3 Å². The monoisotopic (exact) mass is 536 g/mol. The van der Waals surface area contributed by atoms with Crippen molar-refractivity contribution in [3.8, 4) is 28.6 Å². The highest BCUT2D eigenvalue weighted by atomic mass is 16.4. The average Bonchev–Trinajstić information content (AvgIpc) is 3.00. The van der Waals surface area contributed by atoms with Crippen LogP contribution in [0.4, 0.5) is 5.82 Å². The Morgan fingerprint density at radius 1 is 0.850 bits per heavy atom. The van der Waals surface area contributed by atoms with E-state index in [1.807, 2.05) is 100 Å². The van der Waals surface area contributed by atoms with Crippen molar-refractivity contribution in [2.45, 2.75) is 47.0 Å². The number of aryl methyl sites for hydroxylation is 2. The number of anilines is 1. The third kappa shape index (κ3) is 7.93. The molecule has 0 saturated carbocycles. The maximum absolute atomic E-state index is 11.0. The zero-order valence-corrected chi connectivity index (χ0v) is 23.6. The van der Waals surface area contributed by atoms with Gasteiger partial charge in [0.15, 0.2) is 5.82 Å². The number of hydrogen-bond acceptors (Lipinski definition) is 7. The minimum absolute atomic E-state index is 0.229. The molecule has 1 fully saturated rings. The summed E-state index contributed by atoms with van der Waals surface area (Å²) in [5.74, 6) is -0.0569. The molecule has 1 aliphatic rings. The van der Waals surface area contributed by atoms with Crippen molar-refractivity contribution in [3.63, 3.8) is 0 Å². The van der Waals surface area contributed by atoms with Crippen LogP contribution in [0.2, 0.25) is 0 Å². The number of benzene rings is 2. The van der Waals surface area contributed by atoms with Crippen LogP contribution in [-0.4, -0.2) is 44.6 Å². The maximum atomic E-state index is 11.0. The van der Waals surface area contributed by atoms with Crippen molar-refractivity contribution in [1.29, 1.82) is 5.26 Å². The lowest BCUT2D eigenvalue weighted by Crippen LogP contribution is -2.37. The first-order valence-corrected chi connectivity index (χ1v) is 13.6. The molecule has 2 aromatic carbocycles. The smallest absolute Gasteiger partial charge is 0.306 e. The minimum Gasteiger partial charge on any atom is -0.481 e. The van der Waals surface area contributed by atoms with E-state index in [-0.39, 0.29) is 5.92 Å². The van der Waals surface area contributed by atoms with E-state index in [0.717, 1.165) is 58.2 Å². The number of rotatable bonds is 5. The fourth-order valence-electron chi connectivity index (χ4n) is 4.39. The zero-order valence-electron chi connectivity index (χ0n) is 23.6. The fourth-order valence-corrected chi connectivity index (χ4v) is 4.39. The van der Waals surface area contributed by atoms with E-state index in [2.05, 4.69) is 31.4 Å². The van der Waals surface area contributed by atoms with E-state index in [1.54, 1.807) is 0 Å². The topological polar surface area (TPSA) is 116 Å². The first-order valence-electron chi connectivity index (χ1n) is 13.6. The summed E-state index contributed by atoms with van der Waals surface area (Å²) in [5.41, 5.74) is 6.64. The second-order valence-corrected chi connectivity index (χ2v) is 9.26. The predicted octanol–water partition coefficient (Wildman–Crippen LogP) is 6.30. The van der Waals surface area contributed by atoms with Gasteiger partial charge in [0, 0.05) is 24.2 Å². The van der Waals surface area contributed by atoms with Crippen molar-refractivity contribution < 1.29 is 9.90 Å². The van der Waals surface area contributed by atoms with Crippen molar-refractivity contribution in [2.75, 3.05) is 18.0 Å². The Kier molecular flexibility index (Phi) is 11.3. The Morgan fingerprint density at radius 3 is 1.80 bits per heavy atom. The van der Waals surface area contributed by atoms with Gasteiger partial charge in [0.05, 0.1) is 35.5 Å². The quantitative estimate of drug-likeness (QED) is 0.316. The molecule has 0 radical (unpaired) electrons. The van der Waals surface area contributed by atoms with Crippen molar-refractivity contribution in [2.24, 2.45) is 5.92 Å². The predicted molar refractivity (Wildman–Crippen MR) is 158 cm³/mol. The van der Waals surface area contributed by atoms with Crippen molar-refractivity contribution in [1.82, 2.24) is 20.4 Å². The first kappa shape index (κ1) is 29.9. The number of carbonyl (C=O) groups is 1. The Balaban J connectivity index is 0.000000217. The molecule has 1 saturated heterocycles. The van der Waals surface area contributed by atoms with Gasteiger partial charge >= 0.3 is 5.97 Å². The minimum atomic E-state index is -0.693. The van der Waals surface area contributed by atoms with Gasteiger partial charge in [0.1, 0.15) is 0 Å². The van der Waals surface area contributed by atoms with E-state index in [4.69, 9.17) is 10.4 Å². The molecule has 5 rings (SSSR count). The molecular formula is C32H36N6O2. The summed E-state index contributed by atoms with van der Waals surface area (Å²) in [6.07, 6.45) is 1.64. The summed E-state index contributed by atoms with van der Waals surface area (Å²) in [6, 6.07) is 26.0. The maximum Gasteiger partial charge on any atom is 0.306 e. The highest BCUT2D eigenvalue weighted by molar-refractivity contribution is 5.70. The first-order chi connectivity index (χ1) is 19.5. The molecule has 40 heavy (non-hydrogen) atoms. The summed E-state index contributed by atoms with van der Waals surface area (Å²) in [6.45, 7) is 9.42. The second-order valence-electron chi connectivity index (χ2n) is 9.26. The number of aromatic nitrogens is 4. The SMILES string of the molecule is CC.Cc1cc(-c2ccccc2)nnc1CC#N.Cc1cc(-c2ccccc2)nnc1N1CCC(C(=O)O)CC1. The van der Waals surface area contributed by atoms with Crippen LogP contribution in [0.5, 0.6) is 0 Å². The van der Waals surface area contributed by atoms with Crippen LogP contribution < -0.4 is 4.90 Å². The van der Waals surface area contributed by atoms with Crippen LogP contribution in [0.3, 0.4) is 0 Å². The third-order valence-corrected chi connectivity index (χ3v) is 6.57.